The first-order chi connectivity index (χ1) is 8.41. The van der Waals surface area contributed by atoms with Crippen LogP contribution in [0.2, 0.25) is 0 Å². The van der Waals surface area contributed by atoms with Gasteiger partial charge in [-0.05, 0) is 58.7 Å². The molecule has 0 saturated carbocycles. The van der Waals surface area contributed by atoms with Crippen LogP contribution in [-0.2, 0) is 9.84 Å². The van der Waals surface area contributed by atoms with Crippen LogP contribution in [0, 0.1) is 5.92 Å². The zero-order valence-electron chi connectivity index (χ0n) is 12.0. The first-order valence-corrected chi connectivity index (χ1v) is 8.71. The van der Waals surface area contributed by atoms with Crippen molar-refractivity contribution in [3.63, 3.8) is 0 Å². The van der Waals surface area contributed by atoms with Gasteiger partial charge in [-0.1, -0.05) is 0 Å². The summed E-state index contributed by atoms with van der Waals surface area (Å²) in [6.07, 6.45) is 3.22. The van der Waals surface area contributed by atoms with E-state index in [2.05, 4.69) is 10.2 Å². The van der Waals surface area contributed by atoms with Crippen LogP contribution in [0.5, 0.6) is 0 Å². The van der Waals surface area contributed by atoms with E-state index in [-0.39, 0.29) is 12.4 Å². The molecule has 0 spiro atoms. The van der Waals surface area contributed by atoms with Gasteiger partial charge < -0.3 is 10.2 Å². The van der Waals surface area contributed by atoms with Crippen LogP contribution in [0.4, 0.5) is 0 Å². The topological polar surface area (TPSA) is 49.4 Å². The molecule has 6 heteroatoms. The van der Waals surface area contributed by atoms with Crippen LogP contribution in [0.25, 0.3) is 0 Å². The molecule has 0 bridgehead atoms. The van der Waals surface area contributed by atoms with Gasteiger partial charge in [-0.15, -0.1) is 12.4 Å². The van der Waals surface area contributed by atoms with E-state index in [0.717, 1.165) is 45.1 Å². The van der Waals surface area contributed by atoms with Gasteiger partial charge in [0, 0.05) is 13.1 Å². The second kappa shape index (κ2) is 6.74. The van der Waals surface area contributed by atoms with Crippen molar-refractivity contribution in [2.75, 3.05) is 38.5 Å². The van der Waals surface area contributed by atoms with Crippen LogP contribution in [0.15, 0.2) is 0 Å². The molecular weight excluding hydrogens is 284 g/mol. The van der Waals surface area contributed by atoms with Gasteiger partial charge in [0.15, 0.2) is 9.84 Å². The van der Waals surface area contributed by atoms with E-state index < -0.39 is 14.6 Å². The van der Waals surface area contributed by atoms with Gasteiger partial charge in [-0.2, -0.15) is 0 Å². The fourth-order valence-electron chi connectivity index (χ4n) is 2.83. The van der Waals surface area contributed by atoms with E-state index in [9.17, 15) is 8.42 Å². The molecule has 2 aliphatic rings. The molecular formula is C13H27ClN2O2S. The standard InChI is InChI=1S/C13H26N2O2S.ClH/c1-13(2)5-8-15(9-10-18(13,16)17)11-12-3-6-14-7-4-12;/h12,14H,3-11H2,1-2H3;1H. The zero-order valence-corrected chi connectivity index (χ0v) is 13.7. The van der Waals surface area contributed by atoms with E-state index in [4.69, 9.17) is 0 Å². The summed E-state index contributed by atoms with van der Waals surface area (Å²) in [6, 6.07) is 0. The molecule has 2 heterocycles. The Balaban J connectivity index is 0.00000180. The number of halogens is 1. The van der Waals surface area contributed by atoms with Crippen molar-refractivity contribution in [3.05, 3.63) is 0 Å². The minimum absolute atomic E-state index is 0. The Hall–Kier alpha value is 0.160. The quantitative estimate of drug-likeness (QED) is 0.835. The number of hydrogen-bond donors (Lipinski definition) is 1. The largest absolute Gasteiger partial charge is 0.317 e. The second-order valence-electron chi connectivity index (χ2n) is 6.32. The van der Waals surface area contributed by atoms with Crippen molar-refractivity contribution in [2.24, 2.45) is 5.92 Å². The predicted molar refractivity (Wildman–Crippen MR) is 81.8 cm³/mol. The van der Waals surface area contributed by atoms with Gasteiger partial charge in [0.2, 0.25) is 0 Å². The zero-order chi connectivity index (χ0) is 13.2. The minimum Gasteiger partial charge on any atom is -0.317 e. The Bertz CT molecular complexity index is 378. The average Bonchev–Trinajstić information content (AvgIpc) is 2.42. The average molecular weight is 311 g/mol. The Morgan fingerprint density at radius 2 is 1.84 bits per heavy atom. The fraction of sp³-hybridized carbons (Fsp3) is 1.00. The van der Waals surface area contributed by atoms with Gasteiger partial charge in [0.25, 0.3) is 0 Å². The summed E-state index contributed by atoms with van der Waals surface area (Å²) < 4.78 is 23.7. The minimum atomic E-state index is -2.93. The maximum absolute atomic E-state index is 12.1. The lowest BCUT2D eigenvalue weighted by Crippen LogP contribution is -2.37. The maximum atomic E-state index is 12.1. The predicted octanol–water partition coefficient (Wildman–Crippen LogP) is 1.31. The summed E-state index contributed by atoms with van der Waals surface area (Å²) >= 11 is 0. The molecule has 0 unspecified atom stereocenters. The molecule has 0 amide bonds. The van der Waals surface area contributed by atoms with Crippen molar-refractivity contribution in [3.8, 4) is 0 Å². The Morgan fingerprint density at radius 1 is 1.21 bits per heavy atom. The molecule has 0 aromatic carbocycles. The lowest BCUT2D eigenvalue weighted by Gasteiger charge is -2.29. The first-order valence-electron chi connectivity index (χ1n) is 7.06. The summed E-state index contributed by atoms with van der Waals surface area (Å²) in [5.74, 6) is 1.07. The van der Waals surface area contributed by atoms with Crippen molar-refractivity contribution in [2.45, 2.75) is 37.9 Å². The van der Waals surface area contributed by atoms with Crippen LogP contribution < -0.4 is 5.32 Å². The SMILES string of the molecule is CC1(C)CCN(CC2CCNCC2)CCS1(=O)=O.Cl. The summed E-state index contributed by atoms with van der Waals surface area (Å²) in [4.78, 5) is 2.36. The van der Waals surface area contributed by atoms with Crippen LogP contribution >= 0.6 is 12.4 Å². The number of nitrogens with one attached hydrogen (secondary N) is 1. The van der Waals surface area contributed by atoms with E-state index >= 15 is 0 Å². The number of sulfone groups is 1. The molecule has 2 fully saturated rings. The van der Waals surface area contributed by atoms with Crippen LogP contribution in [0.1, 0.15) is 33.1 Å². The van der Waals surface area contributed by atoms with E-state index in [1.54, 1.807) is 0 Å². The number of nitrogens with zero attached hydrogens (tertiary/aromatic N) is 1. The van der Waals surface area contributed by atoms with Gasteiger partial charge in [0.05, 0.1) is 10.5 Å². The highest BCUT2D eigenvalue weighted by molar-refractivity contribution is 7.92. The van der Waals surface area contributed by atoms with Crippen molar-refractivity contribution >= 4 is 22.2 Å². The summed E-state index contributed by atoms with van der Waals surface area (Å²) in [6.45, 7) is 8.69. The van der Waals surface area contributed by atoms with Crippen LogP contribution in [0.3, 0.4) is 0 Å². The Morgan fingerprint density at radius 3 is 2.47 bits per heavy atom. The third-order valence-electron chi connectivity index (χ3n) is 4.52. The van der Waals surface area contributed by atoms with E-state index in [1.807, 2.05) is 13.8 Å². The fourth-order valence-corrected chi connectivity index (χ4v) is 4.29. The molecule has 0 aromatic heterocycles. The van der Waals surface area contributed by atoms with E-state index in [0.29, 0.717) is 5.75 Å². The molecule has 0 aromatic rings. The maximum Gasteiger partial charge on any atom is 0.156 e. The van der Waals surface area contributed by atoms with Crippen molar-refractivity contribution in [1.82, 2.24) is 10.2 Å². The van der Waals surface area contributed by atoms with Crippen molar-refractivity contribution < 1.29 is 8.42 Å². The van der Waals surface area contributed by atoms with Gasteiger partial charge in [-0.25, -0.2) is 8.42 Å². The molecule has 114 valence electrons. The highest BCUT2D eigenvalue weighted by Gasteiger charge is 2.37. The number of hydrogen-bond acceptors (Lipinski definition) is 4. The monoisotopic (exact) mass is 310 g/mol. The molecule has 2 saturated heterocycles. The smallest absolute Gasteiger partial charge is 0.156 e. The van der Waals surface area contributed by atoms with Crippen molar-refractivity contribution in [1.29, 1.82) is 0 Å². The Kier molecular flexibility index (Phi) is 6.11. The molecule has 19 heavy (non-hydrogen) atoms. The highest BCUT2D eigenvalue weighted by Crippen LogP contribution is 2.26. The Labute approximate surface area is 123 Å². The van der Waals surface area contributed by atoms with Gasteiger partial charge >= 0.3 is 0 Å². The molecule has 0 radical (unpaired) electrons. The highest BCUT2D eigenvalue weighted by atomic mass is 35.5. The lowest BCUT2D eigenvalue weighted by atomic mass is 9.97. The number of rotatable bonds is 2. The third-order valence-corrected chi connectivity index (χ3v) is 7.13. The molecule has 2 rings (SSSR count). The first kappa shape index (κ1) is 17.2. The molecule has 4 nitrogen and oxygen atoms in total. The van der Waals surface area contributed by atoms with E-state index in [1.165, 1.54) is 12.8 Å². The summed E-state index contributed by atoms with van der Waals surface area (Å²) in [7, 11) is -2.93. The lowest BCUT2D eigenvalue weighted by molar-refractivity contribution is 0.212. The normalized spacial score (nSPS) is 28.3. The molecule has 0 atom stereocenters. The number of piperidine rings is 1. The van der Waals surface area contributed by atoms with Gasteiger partial charge in [-0.3, -0.25) is 0 Å². The molecule has 1 N–H and O–H groups in total. The summed E-state index contributed by atoms with van der Waals surface area (Å²) in [5.41, 5.74) is 0. The second-order valence-corrected chi connectivity index (χ2v) is 9.07. The van der Waals surface area contributed by atoms with Gasteiger partial charge in [0.1, 0.15) is 0 Å². The van der Waals surface area contributed by atoms with Crippen LogP contribution in [-0.4, -0.2) is 56.5 Å². The molecule has 2 aliphatic heterocycles. The molecule has 0 aliphatic carbocycles. The summed E-state index contributed by atoms with van der Waals surface area (Å²) in [5, 5.41) is 3.38. The third kappa shape index (κ3) is 4.31.